The van der Waals surface area contributed by atoms with Crippen LogP contribution in [-0.2, 0) is 4.79 Å². The lowest BCUT2D eigenvalue weighted by atomic mass is 9.98. The van der Waals surface area contributed by atoms with Gasteiger partial charge in [0.25, 0.3) is 0 Å². The molecule has 4 N–H and O–H groups in total. The Morgan fingerprint density at radius 2 is 2.11 bits per heavy atom. The molecule has 0 aliphatic heterocycles. The first-order valence-electron chi connectivity index (χ1n) is 7.25. The van der Waals surface area contributed by atoms with Crippen molar-refractivity contribution in [3.63, 3.8) is 0 Å². The zero-order chi connectivity index (χ0) is 13.8. The molecule has 0 aromatic carbocycles. The van der Waals surface area contributed by atoms with Gasteiger partial charge in [-0.1, -0.05) is 19.8 Å². The largest absolute Gasteiger partial charge is 0.368 e. The predicted molar refractivity (Wildman–Crippen MR) is 75.1 cm³/mol. The number of rotatable bonds is 7. The number of nitrogens with zero attached hydrogens (tertiary/aromatic N) is 1. The first-order chi connectivity index (χ1) is 8.40. The summed E-state index contributed by atoms with van der Waals surface area (Å²) in [5.74, 6) is -0.345. The molecule has 1 aliphatic carbocycles. The number of unbranched alkanes of at least 4 members (excludes halogenated alkanes) is 2. The van der Waals surface area contributed by atoms with Crippen LogP contribution in [0.2, 0.25) is 0 Å². The maximum absolute atomic E-state index is 11.4. The summed E-state index contributed by atoms with van der Waals surface area (Å²) in [4.78, 5) is 13.9. The molecule has 0 heterocycles. The van der Waals surface area contributed by atoms with Gasteiger partial charge in [0.05, 0.1) is 5.54 Å². The maximum Gasteiger partial charge on any atom is 0.237 e. The Balaban J connectivity index is 2.57. The molecule has 1 saturated carbocycles. The van der Waals surface area contributed by atoms with Crippen molar-refractivity contribution in [2.24, 2.45) is 11.5 Å². The third-order valence-corrected chi connectivity index (χ3v) is 4.17. The summed E-state index contributed by atoms with van der Waals surface area (Å²) in [6.07, 6.45) is 6.15. The summed E-state index contributed by atoms with van der Waals surface area (Å²) in [5.41, 5.74) is 10.7. The quantitative estimate of drug-likeness (QED) is 0.679. The van der Waals surface area contributed by atoms with E-state index in [1.165, 1.54) is 19.3 Å². The van der Waals surface area contributed by atoms with E-state index < -0.39 is 5.54 Å². The molecule has 0 spiro atoms. The molecule has 106 valence electrons. The monoisotopic (exact) mass is 255 g/mol. The minimum Gasteiger partial charge on any atom is -0.368 e. The van der Waals surface area contributed by atoms with Crippen LogP contribution in [0.15, 0.2) is 0 Å². The molecule has 1 rings (SSSR count). The average Bonchev–Trinajstić information content (AvgIpc) is 2.68. The fourth-order valence-electron chi connectivity index (χ4n) is 2.96. The molecule has 18 heavy (non-hydrogen) atoms. The zero-order valence-electron chi connectivity index (χ0n) is 12.1. The molecule has 0 aromatic rings. The van der Waals surface area contributed by atoms with Crippen molar-refractivity contribution in [3.05, 3.63) is 0 Å². The third-order valence-electron chi connectivity index (χ3n) is 4.17. The fraction of sp³-hybridized carbons (Fsp3) is 0.929. The standard InChI is InChI=1S/C14H29N3O/c1-4-5-6-9-17(11(2)3)12-7-8-14(16,10-12)13(15)18/h11-12H,4-10,16H2,1-3H3,(H2,15,18). The lowest BCUT2D eigenvalue weighted by Crippen LogP contribution is -2.51. The third kappa shape index (κ3) is 3.69. The van der Waals surface area contributed by atoms with E-state index in [0.717, 1.165) is 19.4 Å². The fourth-order valence-corrected chi connectivity index (χ4v) is 2.96. The maximum atomic E-state index is 11.4. The van der Waals surface area contributed by atoms with Gasteiger partial charge in [-0.15, -0.1) is 0 Å². The number of hydrogen-bond donors (Lipinski definition) is 2. The Bertz CT molecular complexity index is 280. The lowest BCUT2D eigenvalue weighted by molar-refractivity contribution is -0.123. The summed E-state index contributed by atoms with van der Waals surface area (Å²) in [6, 6.07) is 0.918. The van der Waals surface area contributed by atoms with Crippen LogP contribution in [0.5, 0.6) is 0 Å². The molecule has 1 aliphatic rings. The van der Waals surface area contributed by atoms with Gasteiger partial charge in [0.2, 0.25) is 5.91 Å². The van der Waals surface area contributed by atoms with Crippen LogP contribution in [0.3, 0.4) is 0 Å². The molecule has 1 amide bonds. The topological polar surface area (TPSA) is 72.3 Å². The van der Waals surface area contributed by atoms with E-state index in [1.54, 1.807) is 0 Å². The summed E-state index contributed by atoms with van der Waals surface area (Å²) < 4.78 is 0. The number of amides is 1. The van der Waals surface area contributed by atoms with Crippen molar-refractivity contribution in [1.82, 2.24) is 4.90 Å². The number of primary amides is 1. The molecule has 2 unspecified atom stereocenters. The number of carbonyl (C=O) groups is 1. The van der Waals surface area contributed by atoms with Gasteiger partial charge >= 0.3 is 0 Å². The number of carbonyl (C=O) groups excluding carboxylic acids is 1. The van der Waals surface area contributed by atoms with Crippen molar-refractivity contribution < 1.29 is 4.79 Å². The van der Waals surface area contributed by atoms with E-state index in [2.05, 4.69) is 25.7 Å². The summed E-state index contributed by atoms with van der Waals surface area (Å²) in [5, 5.41) is 0. The first kappa shape index (κ1) is 15.4. The summed E-state index contributed by atoms with van der Waals surface area (Å²) in [7, 11) is 0. The highest BCUT2D eigenvalue weighted by Crippen LogP contribution is 2.32. The van der Waals surface area contributed by atoms with E-state index in [-0.39, 0.29) is 5.91 Å². The highest BCUT2D eigenvalue weighted by Gasteiger charge is 2.42. The van der Waals surface area contributed by atoms with E-state index in [0.29, 0.717) is 18.5 Å². The average molecular weight is 255 g/mol. The van der Waals surface area contributed by atoms with Gasteiger partial charge in [0.15, 0.2) is 0 Å². The SMILES string of the molecule is CCCCCN(C(C)C)C1CCC(N)(C(N)=O)C1. The van der Waals surface area contributed by atoms with E-state index in [1.807, 2.05) is 0 Å². The van der Waals surface area contributed by atoms with Crippen molar-refractivity contribution in [2.75, 3.05) is 6.54 Å². The molecule has 0 radical (unpaired) electrons. The van der Waals surface area contributed by atoms with Crippen LogP contribution in [0, 0.1) is 0 Å². The van der Waals surface area contributed by atoms with Crippen LogP contribution in [0.4, 0.5) is 0 Å². The summed E-state index contributed by atoms with van der Waals surface area (Å²) >= 11 is 0. The molecule has 4 nitrogen and oxygen atoms in total. The second-order valence-electron chi connectivity index (χ2n) is 5.96. The summed E-state index contributed by atoms with van der Waals surface area (Å²) in [6.45, 7) is 7.75. The lowest BCUT2D eigenvalue weighted by Gasteiger charge is -2.33. The molecular formula is C14H29N3O. The number of nitrogens with two attached hydrogens (primary N) is 2. The van der Waals surface area contributed by atoms with Crippen molar-refractivity contribution in [1.29, 1.82) is 0 Å². The predicted octanol–water partition coefficient (Wildman–Crippen LogP) is 1.62. The van der Waals surface area contributed by atoms with E-state index >= 15 is 0 Å². The second-order valence-corrected chi connectivity index (χ2v) is 5.96. The smallest absolute Gasteiger partial charge is 0.237 e. The van der Waals surface area contributed by atoms with Crippen molar-refractivity contribution >= 4 is 5.91 Å². The van der Waals surface area contributed by atoms with Crippen LogP contribution < -0.4 is 11.5 Å². The van der Waals surface area contributed by atoms with Gasteiger partial charge in [-0.05, 0) is 46.1 Å². The van der Waals surface area contributed by atoms with Crippen LogP contribution in [0.25, 0.3) is 0 Å². The Morgan fingerprint density at radius 1 is 1.44 bits per heavy atom. The van der Waals surface area contributed by atoms with E-state index in [4.69, 9.17) is 11.5 Å². The molecule has 0 bridgehead atoms. The Morgan fingerprint density at radius 3 is 2.56 bits per heavy atom. The van der Waals surface area contributed by atoms with Crippen LogP contribution in [0.1, 0.15) is 59.3 Å². The van der Waals surface area contributed by atoms with Gasteiger partial charge in [0.1, 0.15) is 0 Å². The van der Waals surface area contributed by atoms with Crippen LogP contribution in [-0.4, -0.2) is 35.0 Å². The Labute approximate surface area is 111 Å². The first-order valence-corrected chi connectivity index (χ1v) is 7.25. The van der Waals surface area contributed by atoms with E-state index in [9.17, 15) is 4.79 Å². The molecular weight excluding hydrogens is 226 g/mol. The molecule has 0 aromatic heterocycles. The molecule has 0 saturated heterocycles. The van der Waals surface area contributed by atoms with Crippen LogP contribution >= 0.6 is 0 Å². The second kappa shape index (κ2) is 6.53. The minimum atomic E-state index is -0.775. The van der Waals surface area contributed by atoms with Crippen molar-refractivity contribution in [2.45, 2.75) is 76.9 Å². The zero-order valence-corrected chi connectivity index (χ0v) is 12.1. The molecule has 2 atom stereocenters. The highest BCUT2D eigenvalue weighted by atomic mass is 16.1. The van der Waals surface area contributed by atoms with Gasteiger partial charge in [-0.25, -0.2) is 0 Å². The van der Waals surface area contributed by atoms with Crippen molar-refractivity contribution in [3.8, 4) is 0 Å². The highest BCUT2D eigenvalue weighted by molar-refractivity contribution is 5.84. The van der Waals surface area contributed by atoms with Gasteiger partial charge in [-0.3, -0.25) is 9.69 Å². The number of hydrogen-bond acceptors (Lipinski definition) is 3. The molecule has 1 fully saturated rings. The Kier molecular flexibility index (Phi) is 5.60. The van der Waals surface area contributed by atoms with Gasteiger partial charge in [-0.2, -0.15) is 0 Å². The Hall–Kier alpha value is -0.610. The van der Waals surface area contributed by atoms with Gasteiger partial charge in [0, 0.05) is 12.1 Å². The normalized spacial score (nSPS) is 28.2. The minimum absolute atomic E-state index is 0.345. The molecule has 4 heteroatoms. The van der Waals surface area contributed by atoms with Gasteiger partial charge < -0.3 is 11.5 Å².